The van der Waals surface area contributed by atoms with E-state index in [1.165, 1.54) is 0 Å². The number of hydrogen-bond donors (Lipinski definition) is 1. The van der Waals surface area contributed by atoms with Gasteiger partial charge in [0.15, 0.2) is 0 Å². The van der Waals surface area contributed by atoms with Crippen LogP contribution in [0.2, 0.25) is 0 Å². The molecule has 1 atom stereocenters. The first-order valence-electron chi connectivity index (χ1n) is 6.06. The fourth-order valence-corrected chi connectivity index (χ4v) is 2.30. The Balaban J connectivity index is 2.36. The molecule has 0 radical (unpaired) electrons. The largest absolute Gasteiger partial charge is 0.494 e. The zero-order chi connectivity index (χ0) is 13.6. The van der Waals surface area contributed by atoms with Gasteiger partial charge in [0, 0.05) is 5.75 Å². The third-order valence-electron chi connectivity index (χ3n) is 2.67. The molecule has 4 nitrogen and oxygen atoms in total. The van der Waals surface area contributed by atoms with E-state index in [9.17, 15) is 13.5 Å². The lowest BCUT2D eigenvalue weighted by atomic mass is 10.1. The van der Waals surface area contributed by atoms with Gasteiger partial charge in [-0.15, -0.1) is 0 Å². The van der Waals surface area contributed by atoms with Crippen molar-refractivity contribution in [1.29, 1.82) is 0 Å². The van der Waals surface area contributed by atoms with Gasteiger partial charge in [0.2, 0.25) is 0 Å². The summed E-state index contributed by atoms with van der Waals surface area (Å²) >= 11 is 0. The molecule has 0 amide bonds. The van der Waals surface area contributed by atoms with Crippen molar-refractivity contribution in [3.63, 3.8) is 0 Å². The molecule has 1 aromatic rings. The van der Waals surface area contributed by atoms with Gasteiger partial charge in [0.1, 0.15) is 15.6 Å². The predicted molar refractivity (Wildman–Crippen MR) is 71.5 cm³/mol. The van der Waals surface area contributed by atoms with Crippen molar-refractivity contribution in [2.45, 2.75) is 26.4 Å². The molecule has 0 fully saturated rings. The van der Waals surface area contributed by atoms with Gasteiger partial charge in [0.05, 0.1) is 18.5 Å². The lowest BCUT2D eigenvalue weighted by Crippen LogP contribution is -2.11. The molecular weight excluding hydrogens is 252 g/mol. The molecule has 0 aromatic heterocycles. The maximum atomic E-state index is 11.2. The van der Waals surface area contributed by atoms with Gasteiger partial charge < -0.3 is 9.84 Å². The highest BCUT2D eigenvalue weighted by Gasteiger charge is 2.06. The molecule has 0 saturated carbocycles. The summed E-state index contributed by atoms with van der Waals surface area (Å²) in [4.78, 5) is 0. The summed E-state index contributed by atoms with van der Waals surface area (Å²) in [6, 6.07) is 7.14. The van der Waals surface area contributed by atoms with E-state index in [0.29, 0.717) is 18.8 Å². The summed E-state index contributed by atoms with van der Waals surface area (Å²) in [5.41, 5.74) is 0.830. The van der Waals surface area contributed by atoms with Crippen molar-refractivity contribution in [1.82, 2.24) is 0 Å². The van der Waals surface area contributed by atoms with Crippen LogP contribution in [0, 0.1) is 0 Å². The lowest BCUT2D eigenvalue weighted by Gasteiger charge is -2.08. The standard InChI is InChI=1S/C13H20O4S/c1-3-18(15,16)10-4-9-17-13-7-5-12(6-8-13)11(2)14/h5-8,11,14H,3-4,9-10H2,1-2H3. The van der Waals surface area contributed by atoms with Crippen LogP contribution in [0.5, 0.6) is 5.75 Å². The monoisotopic (exact) mass is 272 g/mol. The van der Waals surface area contributed by atoms with E-state index < -0.39 is 15.9 Å². The predicted octanol–water partition coefficient (Wildman–Crippen LogP) is 1.94. The van der Waals surface area contributed by atoms with Crippen LogP contribution in [0.4, 0.5) is 0 Å². The first-order chi connectivity index (χ1) is 8.44. The molecule has 0 spiro atoms. The van der Waals surface area contributed by atoms with Gasteiger partial charge in [-0.25, -0.2) is 8.42 Å². The SMILES string of the molecule is CCS(=O)(=O)CCCOc1ccc(C(C)O)cc1. The van der Waals surface area contributed by atoms with Crippen LogP contribution in [0.15, 0.2) is 24.3 Å². The number of ether oxygens (including phenoxy) is 1. The van der Waals surface area contributed by atoms with Crippen LogP contribution in [0.3, 0.4) is 0 Å². The molecule has 0 bridgehead atoms. The Morgan fingerprint density at radius 1 is 1.28 bits per heavy atom. The molecule has 1 N–H and O–H groups in total. The Morgan fingerprint density at radius 3 is 2.39 bits per heavy atom. The highest BCUT2D eigenvalue weighted by atomic mass is 32.2. The third kappa shape index (κ3) is 5.06. The highest BCUT2D eigenvalue weighted by molar-refractivity contribution is 7.91. The van der Waals surface area contributed by atoms with Crippen LogP contribution in [-0.2, 0) is 9.84 Å². The van der Waals surface area contributed by atoms with E-state index in [1.54, 1.807) is 38.1 Å². The first-order valence-corrected chi connectivity index (χ1v) is 7.88. The van der Waals surface area contributed by atoms with E-state index in [-0.39, 0.29) is 11.5 Å². The van der Waals surface area contributed by atoms with E-state index >= 15 is 0 Å². The molecule has 102 valence electrons. The average molecular weight is 272 g/mol. The van der Waals surface area contributed by atoms with Gasteiger partial charge in [-0.1, -0.05) is 19.1 Å². The fraction of sp³-hybridized carbons (Fsp3) is 0.538. The normalized spacial score (nSPS) is 13.3. The van der Waals surface area contributed by atoms with Crippen molar-refractivity contribution in [2.24, 2.45) is 0 Å². The molecule has 0 aliphatic carbocycles. The zero-order valence-corrected chi connectivity index (χ0v) is 11.6. The minimum absolute atomic E-state index is 0.162. The third-order valence-corrected chi connectivity index (χ3v) is 4.46. The minimum Gasteiger partial charge on any atom is -0.494 e. The molecule has 1 rings (SSSR count). The van der Waals surface area contributed by atoms with Crippen LogP contribution in [-0.4, -0.2) is 31.6 Å². The molecule has 5 heteroatoms. The Labute approximate surface area is 109 Å². The quantitative estimate of drug-likeness (QED) is 0.770. The number of hydrogen-bond acceptors (Lipinski definition) is 4. The molecule has 0 saturated heterocycles. The second kappa shape index (κ2) is 6.75. The van der Waals surface area contributed by atoms with Crippen LogP contribution in [0.1, 0.15) is 31.9 Å². The van der Waals surface area contributed by atoms with Gasteiger partial charge in [-0.3, -0.25) is 0 Å². The second-order valence-corrected chi connectivity index (χ2v) is 6.66. The number of aliphatic hydroxyl groups is 1. The summed E-state index contributed by atoms with van der Waals surface area (Å²) in [6.45, 7) is 3.73. The average Bonchev–Trinajstić information content (AvgIpc) is 2.35. The van der Waals surface area contributed by atoms with Crippen molar-refractivity contribution < 1.29 is 18.3 Å². The number of aliphatic hydroxyl groups excluding tert-OH is 1. The molecule has 1 aromatic carbocycles. The highest BCUT2D eigenvalue weighted by Crippen LogP contribution is 2.17. The van der Waals surface area contributed by atoms with Gasteiger partial charge in [-0.05, 0) is 31.0 Å². The Bertz CT molecular complexity index is 448. The van der Waals surface area contributed by atoms with Crippen molar-refractivity contribution in [3.05, 3.63) is 29.8 Å². The van der Waals surface area contributed by atoms with E-state index in [1.807, 2.05) is 0 Å². The van der Waals surface area contributed by atoms with Crippen LogP contribution in [0.25, 0.3) is 0 Å². The maximum Gasteiger partial charge on any atom is 0.150 e. The summed E-state index contributed by atoms with van der Waals surface area (Å²) < 4.78 is 27.9. The van der Waals surface area contributed by atoms with Gasteiger partial charge >= 0.3 is 0 Å². The van der Waals surface area contributed by atoms with Crippen molar-refractivity contribution in [2.75, 3.05) is 18.1 Å². The van der Waals surface area contributed by atoms with E-state index in [4.69, 9.17) is 4.74 Å². The summed E-state index contributed by atoms with van der Waals surface area (Å²) in [5, 5.41) is 9.34. The molecule has 0 aliphatic rings. The number of rotatable bonds is 7. The molecule has 0 heterocycles. The van der Waals surface area contributed by atoms with E-state index in [0.717, 1.165) is 5.56 Å². The molecule has 18 heavy (non-hydrogen) atoms. The Kier molecular flexibility index (Phi) is 5.62. The zero-order valence-electron chi connectivity index (χ0n) is 10.8. The van der Waals surface area contributed by atoms with Crippen LogP contribution < -0.4 is 4.74 Å². The minimum atomic E-state index is -2.90. The van der Waals surface area contributed by atoms with Gasteiger partial charge in [-0.2, -0.15) is 0 Å². The molecular formula is C13H20O4S. The van der Waals surface area contributed by atoms with Crippen molar-refractivity contribution >= 4 is 9.84 Å². The van der Waals surface area contributed by atoms with Gasteiger partial charge in [0.25, 0.3) is 0 Å². The second-order valence-electron chi connectivity index (χ2n) is 4.18. The summed E-state index contributed by atoms with van der Waals surface area (Å²) in [5.74, 6) is 1.03. The Hall–Kier alpha value is -1.07. The fourth-order valence-electron chi connectivity index (χ4n) is 1.46. The summed E-state index contributed by atoms with van der Waals surface area (Å²) in [7, 11) is -2.90. The first kappa shape index (κ1) is 15.0. The molecule has 1 unspecified atom stereocenters. The number of benzene rings is 1. The van der Waals surface area contributed by atoms with Crippen molar-refractivity contribution in [3.8, 4) is 5.75 Å². The number of sulfone groups is 1. The topological polar surface area (TPSA) is 63.6 Å². The smallest absolute Gasteiger partial charge is 0.150 e. The Morgan fingerprint density at radius 2 is 1.89 bits per heavy atom. The summed E-state index contributed by atoms with van der Waals surface area (Å²) in [6.07, 6.45) is 0.00247. The molecule has 0 aliphatic heterocycles. The lowest BCUT2D eigenvalue weighted by molar-refractivity contribution is 0.199. The maximum absolute atomic E-state index is 11.2. The van der Waals surface area contributed by atoms with Crippen LogP contribution >= 0.6 is 0 Å². The van der Waals surface area contributed by atoms with E-state index in [2.05, 4.69) is 0 Å².